The third kappa shape index (κ3) is 4.06. The van der Waals surface area contributed by atoms with E-state index in [9.17, 15) is 9.59 Å². The van der Waals surface area contributed by atoms with E-state index >= 15 is 0 Å². The molecule has 0 saturated carbocycles. The second-order valence-corrected chi connectivity index (χ2v) is 6.73. The monoisotopic (exact) mass is 364 g/mol. The summed E-state index contributed by atoms with van der Waals surface area (Å²) in [6.07, 6.45) is 0.995. The topological polar surface area (TPSA) is 78.1 Å². The molecule has 2 aromatic carbocycles. The Morgan fingerprint density at radius 2 is 1.78 bits per heavy atom. The molecule has 1 atom stereocenters. The molecule has 0 bridgehead atoms. The van der Waals surface area contributed by atoms with Crippen LogP contribution in [0.15, 0.2) is 53.3 Å². The van der Waals surface area contributed by atoms with Crippen molar-refractivity contribution in [1.29, 1.82) is 0 Å². The Morgan fingerprint density at radius 1 is 1.11 bits per heavy atom. The summed E-state index contributed by atoms with van der Waals surface area (Å²) in [6.45, 7) is 2.56. The van der Waals surface area contributed by atoms with Crippen LogP contribution in [0, 0.1) is 0 Å². The molecule has 0 aliphatic heterocycles. The lowest BCUT2D eigenvalue weighted by molar-refractivity contribution is 0.0937. The molecule has 0 aliphatic carbocycles. The van der Waals surface area contributed by atoms with Crippen LogP contribution in [0.2, 0.25) is 0 Å². The van der Waals surface area contributed by atoms with Crippen LogP contribution in [0.3, 0.4) is 0 Å². The molecule has 3 aromatic rings. The average molecular weight is 364 g/mol. The number of hydrogen-bond donors (Lipinski definition) is 2. The highest BCUT2D eigenvalue weighted by molar-refractivity contribution is 6.04. The lowest BCUT2D eigenvalue weighted by Gasteiger charge is -2.25. The fraction of sp³-hybridized carbons (Fsp3) is 0.286. The summed E-state index contributed by atoms with van der Waals surface area (Å²) in [4.78, 5) is 26.7. The smallest absolute Gasteiger partial charge is 0.272 e. The summed E-state index contributed by atoms with van der Waals surface area (Å²) in [6, 6.07) is 15.4. The summed E-state index contributed by atoms with van der Waals surface area (Å²) in [5.74, 6) is -0.306. The summed E-state index contributed by atoms with van der Waals surface area (Å²) in [7, 11) is 3.97. The third-order valence-corrected chi connectivity index (χ3v) is 4.76. The number of aryl methyl sites for hydroxylation is 1. The van der Waals surface area contributed by atoms with Crippen LogP contribution in [0.4, 0.5) is 0 Å². The highest BCUT2D eigenvalue weighted by atomic mass is 16.2. The van der Waals surface area contributed by atoms with E-state index < -0.39 is 0 Å². The van der Waals surface area contributed by atoms with Gasteiger partial charge in [0, 0.05) is 11.9 Å². The van der Waals surface area contributed by atoms with Crippen molar-refractivity contribution in [3.8, 4) is 0 Å². The van der Waals surface area contributed by atoms with Crippen LogP contribution >= 0.6 is 0 Å². The van der Waals surface area contributed by atoms with Gasteiger partial charge in [-0.25, -0.2) is 5.10 Å². The van der Waals surface area contributed by atoms with Gasteiger partial charge in [-0.05, 0) is 37.7 Å². The van der Waals surface area contributed by atoms with Gasteiger partial charge < -0.3 is 10.2 Å². The van der Waals surface area contributed by atoms with Crippen molar-refractivity contribution in [2.24, 2.45) is 0 Å². The summed E-state index contributed by atoms with van der Waals surface area (Å²) >= 11 is 0. The zero-order valence-corrected chi connectivity index (χ0v) is 15.8. The van der Waals surface area contributed by atoms with Gasteiger partial charge in [0.15, 0.2) is 5.69 Å². The maximum atomic E-state index is 12.7. The minimum atomic E-state index is -0.306. The molecule has 0 radical (unpaired) electrons. The standard InChI is InChI=1S/C21H24N4O2/c1-4-14-9-11-15(12-10-14)18(25(2)3)13-22-21(27)19-16-7-5-6-8-17(16)20(26)24-23-19/h5-12,18H,4,13H2,1-3H3,(H,22,27)(H,24,26). The molecule has 3 rings (SSSR count). The van der Waals surface area contributed by atoms with Crippen LogP contribution in [0.5, 0.6) is 0 Å². The molecule has 6 heteroatoms. The lowest BCUT2D eigenvalue weighted by atomic mass is 10.0. The van der Waals surface area contributed by atoms with Gasteiger partial charge in [0.1, 0.15) is 0 Å². The molecule has 1 heterocycles. The van der Waals surface area contributed by atoms with Crippen molar-refractivity contribution < 1.29 is 4.79 Å². The molecule has 0 spiro atoms. The Bertz CT molecular complexity index is 993. The van der Waals surface area contributed by atoms with E-state index in [1.54, 1.807) is 24.3 Å². The fourth-order valence-corrected chi connectivity index (χ4v) is 3.13. The van der Waals surface area contributed by atoms with Crippen molar-refractivity contribution in [1.82, 2.24) is 20.4 Å². The molecule has 0 fully saturated rings. The minimum Gasteiger partial charge on any atom is -0.349 e. The first-order chi connectivity index (χ1) is 13.0. The van der Waals surface area contributed by atoms with E-state index in [-0.39, 0.29) is 23.2 Å². The average Bonchev–Trinajstić information content (AvgIpc) is 2.68. The molecule has 1 aromatic heterocycles. The van der Waals surface area contributed by atoms with Crippen LogP contribution in [0.1, 0.15) is 34.6 Å². The quantitative estimate of drug-likeness (QED) is 0.704. The van der Waals surface area contributed by atoms with E-state index in [1.807, 2.05) is 14.1 Å². The van der Waals surface area contributed by atoms with Crippen LogP contribution in [-0.4, -0.2) is 41.6 Å². The first kappa shape index (κ1) is 18.8. The van der Waals surface area contributed by atoms with Gasteiger partial charge in [0.25, 0.3) is 11.5 Å². The van der Waals surface area contributed by atoms with Crippen molar-refractivity contribution in [2.45, 2.75) is 19.4 Å². The normalized spacial score (nSPS) is 12.3. The summed E-state index contributed by atoms with van der Waals surface area (Å²) < 4.78 is 0. The van der Waals surface area contributed by atoms with Gasteiger partial charge in [-0.3, -0.25) is 9.59 Å². The number of benzene rings is 2. The molecule has 140 valence electrons. The number of likely N-dealkylation sites (N-methyl/N-ethyl adjacent to an activating group) is 1. The maximum absolute atomic E-state index is 12.7. The second-order valence-electron chi connectivity index (χ2n) is 6.73. The largest absolute Gasteiger partial charge is 0.349 e. The molecular weight excluding hydrogens is 340 g/mol. The van der Waals surface area contributed by atoms with Crippen LogP contribution < -0.4 is 10.9 Å². The molecule has 1 unspecified atom stereocenters. The van der Waals surface area contributed by atoms with Crippen molar-refractivity contribution in [3.05, 3.63) is 75.7 Å². The van der Waals surface area contributed by atoms with Gasteiger partial charge >= 0.3 is 0 Å². The van der Waals surface area contributed by atoms with E-state index in [2.05, 4.69) is 51.6 Å². The number of aromatic nitrogens is 2. The van der Waals surface area contributed by atoms with Gasteiger partial charge in [-0.15, -0.1) is 0 Å². The number of rotatable bonds is 6. The highest BCUT2D eigenvalue weighted by Crippen LogP contribution is 2.19. The number of fused-ring (bicyclic) bond motifs is 1. The number of aromatic amines is 1. The number of hydrogen-bond acceptors (Lipinski definition) is 4. The zero-order chi connectivity index (χ0) is 19.4. The first-order valence-corrected chi connectivity index (χ1v) is 9.02. The second kappa shape index (κ2) is 8.14. The van der Waals surface area contributed by atoms with Crippen LogP contribution in [0.25, 0.3) is 10.8 Å². The first-order valence-electron chi connectivity index (χ1n) is 9.02. The third-order valence-electron chi connectivity index (χ3n) is 4.76. The number of nitrogens with one attached hydrogen (secondary N) is 2. The molecule has 1 amide bonds. The predicted octanol–water partition coefficient (Wildman–Crippen LogP) is 2.52. The number of carbonyl (C=O) groups is 1. The Hall–Kier alpha value is -2.99. The van der Waals surface area contributed by atoms with Gasteiger partial charge in [-0.1, -0.05) is 49.4 Å². The van der Waals surface area contributed by atoms with Crippen molar-refractivity contribution in [2.75, 3.05) is 20.6 Å². The Kier molecular flexibility index (Phi) is 5.66. The van der Waals surface area contributed by atoms with Gasteiger partial charge in [0.05, 0.1) is 11.4 Å². The molecule has 6 nitrogen and oxygen atoms in total. The van der Waals surface area contributed by atoms with E-state index in [0.29, 0.717) is 17.3 Å². The SMILES string of the molecule is CCc1ccc(C(CNC(=O)c2n[nH]c(=O)c3ccccc23)N(C)C)cc1. The predicted molar refractivity (Wildman–Crippen MR) is 107 cm³/mol. The summed E-state index contributed by atoms with van der Waals surface area (Å²) in [5.41, 5.74) is 2.34. The summed E-state index contributed by atoms with van der Waals surface area (Å²) in [5, 5.41) is 10.3. The molecular formula is C21H24N4O2. The maximum Gasteiger partial charge on any atom is 0.272 e. The highest BCUT2D eigenvalue weighted by Gasteiger charge is 2.18. The Balaban J connectivity index is 1.81. The number of carbonyl (C=O) groups excluding carboxylic acids is 1. The number of nitrogens with zero attached hydrogens (tertiary/aromatic N) is 2. The van der Waals surface area contributed by atoms with Crippen LogP contribution in [-0.2, 0) is 6.42 Å². The molecule has 2 N–H and O–H groups in total. The van der Waals surface area contributed by atoms with E-state index in [4.69, 9.17) is 0 Å². The van der Waals surface area contributed by atoms with E-state index in [1.165, 1.54) is 5.56 Å². The number of H-pyrrole nitrogens is 1. The van der Waals surface area contributed by atoms with Crippen molar-refractivity contribution >= 4 is 16.7 Å². The van der Waals surface area contributed by atoms with Gasteiger partial charge in [0.2, 0.25) is 0 Å². The minimum absolute atomic E-state index is 0.0360. The Morgan fingerprint density at radius 3 is 2.41 bits per heavy atom. The van der Waals surface area contributed by atoms with Crippen molar-refractivity contribution in [3.63, 3.8) is 0 Å². The number of amides is 1. The molecule has 27 heavy (non-hydrogen) atoms. The zero-order valence-electron chi connectivity index (χ0n) is 15.8. The molecule has 0 aliphatic rings. The molecule has 0 saturated heterocycles. The van der Waals surface area contributed by atoms with E-state index in [0.717, 1.165) is 12.0 Å². The lowest BCUT2D eigenvalue weighted by Crippen LogP contribution is -2.35. The Labute approximate surface area is 158 Å². The fourth-order valence-electron chi connectivity index (χ4n) is 3.13. The van der Waals surface area contributed by atoms with Gasteiger partial charge in [-0.2, -0.15) is 5.10 Å².